The van der Waals surface area contributed by atoms with Gasteiger partial charge in [-0.05, 0) is 55.8 Å². The standard InChI is InChI=1S/C20H27N3O6S2/c1-4-5-13-21-30(25,26)19-8-6-7-16(14-19)22-20(24)15(2)23-31(27,28)18-11-9-17(29-3)10-12-18/h6-12,14-15,21,23H,4-5,13H2,1-3H3,(H,22,24)/t15-/m0/s1. The average molecular weight is 470 g/mol. The summed E-state index contributed by atoms with van der Waals surface area (Å²) in [7, 11) is -6.18. The van der Waals surface area contributed by atoms with E-state index in [9.17, 15) is 21.6 Å². The lowest BCUT2D eigenvalue weighted by atomic mass is 10.3. The van der Waals surface area contributed by atoms with Gasteiger partial charge in [-0.25, -0.2) is 21.6 Å². The van der Waals surface area contributed by atoms with Crippen molar-refractivity contribution in [2.75, 3.05) is 19.0 Å². The molecule has 0 bridgehead atoms. The maximum absolute atomic E-state index is 12.5. The first-order valence-electron chi connectivity index (χ1n) is 9.66. The average Bonchev–Trinajstić information content (AvgIpc) is 2.73. The van der Waals surface area contributed by atoms with Gasteiger partial charge in [-0.3, -0.25) is 4.79 Å². The first kappa shape index (κ1) is 24.8. The molecule has 11 heteroatoms. The van der Waals surface area contributed by atoms with E-state index in [1.54, 1.807) is 0 Å². The Labute approximate surface area is 183 Å². The highest BCUT2D eigenvalue weighted by molar-refractivity contribution is 7.89. The van der Waals surface area contributed by atoms with Crippen molar-refractivity contribution in [1.29, 1.82) is 0 Å². The number of benzene rings is 2. The van der Waals surface area contributed by atoms with Crippen molar-refractivity contribution < 1.29 is 26.4 Å². The highest BCUT2D eigenvalue weighted by atomic mass is 32.2. The van der Waals surface area contributed by atoms with Crippen molar-refractivity contribution >= 4 is 31.6 Å². The van der Waals surface area contributed by atoms with E-state index >= 15 is 0 Å². The molecule has 0 aliphatic carbocycles. The van der Waals surface area contributed by atoms with Crippen LogP contribution < -0.4 is 19.5 Å². The maximum atomic E-state index is 12.5. The summed E-state index contributed by atoms with van der Waals surface area (Å²) in [5.74, 6) is -0.130. The summed E-state index contributed by atoms with van der Waals surface area (Å²) >= 11 is 0. The molecule has 0 saturated carbocycles. The smallest absolute Gasteiger partial charge is 0.242 e. The Morgan fingerprint density at radius 3 is 2.29 bits per heavy atom. The number of anilines is 1. The van der Waals surface area contributed by atoms with Gasteiger partial charge < -0.3 is 10.1 Å². The van der Waals surface area contributed by atoms with Crippen LogP contribution in [0, 0.1) is 0 Å². The Morgan fingerprint density at radius 2 is 1.68 bits per heavy atom. The van der Waals surface area contributed by atoms with Crippen molar-refractivity contribution in [3.8, 4) is 5.75 Å². The number of hydrogen-bond acceptors (Lipinski definition) is 6. The molecule has 1 amide bonds. The van der Waals surface area contributed by atoms with Crippen LogP contribution in [0.3, 0.4) is 0 Å². The summed E-state index contributed by atoms with van der Waals surface area (Å²) in [6.07, 6.45) is 1.56. The van der Waals surface area contributed by atoms with Crippen molar-refractivity contribution in [2.24, 2.45) is 0 Å². The molecule has 1 atom stereocenters. The lowest BCUT2D eigenvalue weighted by Crippen LogP contribution is -2.41. The minimum Gasteiger partial charge on any atom is -0.497 e. The van der Waals surface area contributed by atoms with Crippen LogP contribution in [0.15, 0.2) is 58.3 Å². The molecule has 2 aromatic carbocycles. The van der Waals surface area contributed by atoms with Gasteiger partial charge in [0, 0.05) is 12.2 Å². The number of methoxy groups -OCH3 is 1. The van der Waals surface area contributed by atoms with E-state index in [1.807, 2.05) is 6.92 Å². The van der Waals surface area contributed by atoms with Gasteiger partial charge in [0.15, 0.2) is 0 Å². The van der Waals surface area contributed by atoms with E-state index in [-0.39, 0.29) is 15.5 Å². The highest BCUT2D eigenvalue weighted by Crippen LogP contribution is 2.17. The first-order chi connectivity index (χ1) is 14.6. The molecule has 2 rings (SSSR count). The van der Waals surface area contributed by atoms with Crippen molar-refractivity contribution in [3.05, 3.63) is 48.5 Å². The molecule has 9 nitrogen and oxygen atoms in total. The number of unbranched alkanes of at least 4 members (excludes halogenated alkanes) is 1. The number of carbonyl (C=O) groups is 1. The van der Waals surface area contributed by atoms with E-state index in [4.69, 9.17) is 4.74 Å². The molecular formula is C20H27N3O6S2. The van der Waals surface area contributed by atoms with Gasteiger partial charge in [-0.2, -0.15) is 4.72 Å². The third-order valence-electron chi connectivity index (χ3n) is 4.33. The van der Waals surface area contributed by atoms with Crippen LogP contribution >= 0.6 is 0 Å². The topological polar surface area (TPSA) is 131 Å². The van der Waals surface area contributed by atoms with Gasteiger partial charge in [-0.15, -0.1) is 0 Å². The summed E-state index contributed by atoms with van der Waals surface area (Å²) in [4.78, 5) is 12.5. The summed E-state index contributed by atoms with van der Waals surface area (Å²) in [6.45, 7) is 3.66. The van der Waals surface area contributed by atoms with Crippen LogP contribution in [-0.4, -0.2) is 42.4 Å². The number of hydrogen-bond donors (Lipinski definition) is 3. The minimum atomic E-state index is -3.94. The van der Waals surface area contributed by atoms with Crippen LogP contribution in [0.25, 0.3) is 0 Å². The number of sulfonamides is 2. The van der Waals surface area contributed by atoms with Crippen molar-refractivity contribution in [1.82, 2.24) is 9.44 Å². The fourth-order valence-electron chi connectivity index (χ4n) is 2.57. The molecule has 0 fully saturated rings. The molecule has 3 N–H and O–H groups in total. The second-order valence-corrected chi connectivity index (χ2v) is 10.3. The number of rotatable bonds is 11. The predicted octanol–water partition coefficient (Wildman–Crippen LogP) is 2.08. The fraction of sp³-hybridized carbons (Fsp3) is 0.350. The number of carbonyl (C=O) groups excluding carboxylic acids is 1. The third-order valence-corrected chi connectivity index (χ3v) is 7.34. The van der Waals surface area contributed by atoms with E-state index < -0.39 is 32.0 Å². The summed E-state index contributed by atoms with van der Waals surface area (Å²) < 4.78 is 59.5. The van der Waals surface area contributed by atoms with E-state index in [0.29, 0.717) is 18.7 Å². The van der Waals surface area contributed by atoms with Gasteiger partial charge in [0.1, 0.15) is 5.75 Å². The molecule has 170 valence electrons. The second kappa shape index (κ2) is 10.7. The summed E-state index contributed by atoms with van der Waals surface area (Å²) in [5.41, 5.74) is 0.235. The Morgan fingerprint density at radius 1 is 1.00 bits per heavy atom. The maximum Gasteiger partial charge on any atom is 0.242 e. The largest absolute Gasteiger partial charge is 0.497 e. The molecule has 0 aliphatic rings. The number of nitrogens with one attached hydrogen (secondary N) is 3. The zero-order chi connectivity index (χ0) is 23.1. The Kier molecular flexibility index (Phi) is 8.57. The first-order valence-corrected chi connectivity index (χ1v) is 12.6. The molecular weight excluding hydrogens is 442 g/mol. The van der Waals surface area contributed by atoms with Gasteiger partial charge in [0.05, 0.1) is 22.9 Å². The quantitative estimate of drug-likeness (QED) is 0.432. The molecule has 0 aliphatic heterocycles. The summed E-state index contributed by atoms with van der Waals surface area (Å²) in [6, 6.07) is 10.4. The Hall–Kier alpha value is -2.47. The normalized spacial score (nSPS) is 12.9. The molecule has 2 aromatic rings. The number of amides is 1. The fourth-order valence-corrected chi connectivity index (χ4v) is 4.89. The van der Waals surface area contributed by atoms with Crippen LogP contribution in [0.5, 0.6) is 5.75 Å². The molecule has 0 radical (unpaired) electrons. The Bertz CT molecular complexity index is 1100. The SMILES string of the molecule is CCCCNS(=O)(=O)c1cccc(NC(=O)[C@H](C)NS(=O)(=O)c2ccc(OC)cc2)c1. The van der Waals surface area contributed by atoms with Gasteiger partial charge >= 0.3 is 0 Å². The molecule has 0 saturated heterocycles. The minimum absolute atomic E-state index is 0.00729. The van der Waals surface area contributed by atoms with E-state index in [1.165, 1.54) is 62.6 Å². The van der Waals surface area contributed by atoms with Gasteiger partial charge in [0.25, 0.3) is 0 Å². The predicted molar refractivity (Wildman–Crippen MR) is 118 cm³/mol. The molecule has 0 heterocycles. The lowest BCUT2D eigenvalue weighted by molar-refractivity contribution is -0.117. The van der Waals surface area contributed by atoms with Crippen LogP contribution in [0.1, 0.15) is 26.7 Å². The second-order valence-electron chi connectivity index (χ2n) is 6.79. The van der Waals surface area contributed by atoms with E-state index in [2.05, 4.69) is 14.8 Å². The van der Waals surface area contributed by atoms with E-state index in [0.717, 1.165) is 6.42 Å². The zero-order valence-corrected chi connectivity index (χ0v) is 19.2. The zero-order valence-electron chi connectivity index (χ0n) is 17.6. The summed E-state index contributed by atoms with van der Waals surface area (Å²) in [5, 5.41) is 2.54. The monoisotopic (exact) mass is 469 g/mol. The van der Waals surface area contributed by atoms with Gasteiger partial charge in [0.2, 0.25) is 26.0 Å². The highest BCUT2D eigenvalue weighted by Gasteiger charge is 2.23. The molecule has 0 aromatic heterocycles. The van der Waals surface area contributed by atoms with Gasteiger partial charge in [-0.1, -0.05) is 19.4 Å². The molecule has 0 spiro atoms. The van der Waals surface area contributed by atoms with Crippen LogP contribution in [-0.2, 0) is 24.8 Å². The van der Waals surface area contributed by atoms with Crippen molar-refractivity contribution in [3.63, 3.8) is 0 Å². The molecule has 31 heavy (non-hydrogen) atoms. The van der Waals surface area contributed by atoms with Crippen molar-refractivity contribution in [2.45, 2.75) is 42.5 Å². The van der Waals surface area contributed by atoms with Crippen LogP contribution in [0.4, 0.5) is 5.69 Å². The lowest BCUT2D eigenvalue weighted by Gasteiger charge is -2.15. The Balaban J connectivity index is 2.07. The number of ether oxygens (including phenoxy) is 1. The van der Waals surface area contributed by atoms with Crippen LogP contribution in [0.2, 0.25) is 0 Å². The molecule has 0 unspecified atom stereocenters. The third kappa shape index (κ3) is 7.03.